The quantitative estimate of drug-likeness (QED) is 0.292. The van der Waals surface area contributed by atoms with Crippen LogP contribution in [0.25, 0.3) is 0 Å². The predicted octanol–water partition coefficient (Wildman–Crippen LogP) is 2.87. The summed E-state index contributed by atoms with van der Waals surface area (Å²) in [7, 11) is 0. The first-order valence-electron chi connectivity index (χ1n) is 9.59. The molecule has 154 valence electrons. The van der Waals surface area contributed by atoms with Crippen molar-refractivity contribution in [1.29, 1.82) is 0 Å². The fourth-order valence-corrected chi connectivity index (χ4v) is 3.69. The maximum absolute atomic E-state index is 13.1. The van der Waals surface area contributed by atoms with E-state index in [0.717, 1.165) is 16.3 Å². The number of ether oxygens (including phenoxy) is 1. The first-order valence-corrected chi connectivity index (χ1v) is 9.59. The molecule has 2 aromatic heterocycles. The minimum Gasteiger partial charge on any atom is -0.489 e. The number of carbonyl (C=O) groups excluding carboxylic acids is 1. The number of nitrogens with zero attached hydrogens (tertiary/aromatic N) is 4. The number of hydrogen-bond donors (Lipinski definition) is 1. The second kappa shape index (κ2) is 7.79. The average Bonchev–Trinajstić information content (AvgIpc) is 3.49. The lowest BCUT2D eigenvalue weighted by Crippen LogP contribution is -2.41. The first kappa shape index (κ1) is 19.9. The smallest absolute Gasteiger partial charge is 0.245 e. The third-order valence-electron chi connectivity index (χ3n) is 5.49. The molecule has 8 heteroatoms. The Balaban J connectivity index is 1.57. The van der Waals surface area contributed by atoms with Crippen LogP contribution in [-0.4, -0.2) is 27.5 Å². The van der Waals surface area contributed by atoms with Crippen molar-refractivity contribution < 1.29 is 13.9 Å². The highest BCUT2D eigenvalue weighted by Crippen LogP contribution is 2.55. The van der Waals surface area contributed by atoms with Crippen molar-refractivity contribution >= 4 is 11.6 Å². The number of rotatable bonds is 6. The fraction of sp³-hybridized carbons (Fsp3) is 0.273. The van der Waals surface area contributed by atoms with Gasteiger partial charge in [-0.3, -0.25) is 4.79 Å². The van der Waals surface area contributed by atoms with E-state index >= 15 is 0 Å². The molecule has 1 aromatic carbocycles. The highest BCUT2D eigenvalue weighted by molar-refractivity contribution is 5.97. The van der Waals surface area contributed by atoms with E-state index in [1.54, 1.807) is 6.20 Å². The Hall–Kier alpha value is -3.39. The molecule has 2 heterocycles. The summed E-state index contributed by atoms with van der Waals surface area (Å²) in [5, 5.41) is 1.03. The van der Waals surface area contributed by atoms with Crippen molar-refractivity contribution in [3.05, 3.63) is 77.9 Å². The Bertz CT molecular complexity index is 1060. The number of amides is 1. The molecule has 1 amide bonds. The van der Waals surface area contributed by atoms with Crippen molar-refractivity contribution in [2.45, 2.75) is 25.7 Å². The van der Waals surface area contributed by atoms with Gasteiger partial charge in [0.1, 0.15) is 5.82 Å². The second-order valence-corrected chi connectivity index (χ2v) is 7.48. The highest BCUT2D eigenvalue weighted by atomic mass is 19.1. The lowest BCUT2D eigenvalue weighted by molar-refractivity contribution is -0.120. The third-order valence-corrected chi connectivity index (χ3v) is 5.49. The van der Waals surface area contributed by atoms with Gasteiger partial charge in [0, 0.05) is 5.41 Å². The van der Waals surface area contributed by atoms with Crippen LogP contribution < -0.4 is 15.6 Å². The molecule has 0 unspecified atom stereocenters. The molecule has 1 fully saturated rings. The van der Waals surface area contributed by atoms with Crippen molar-refractivity contribution in [3.8, 4) is 5.75 Å². The van der Waals surface area contributed by atoms with Gasteiger partial charge in [0.2, 0.25) is 11.9 Å². The molecule has 4 rings (SSSR count). The molecule has 1 aliphatic rings. The number of anilines is 1. The van der Waals surface area contributed by atoms with Gasteiger partial charge in [-0.15, -0.1) is 0 Å². The minimum atomic E-state index is -0.631. The number of pyridine rings is 1. The Morgan fingerprint density at radius 1 is 1.20 bits per heavy atom. The second-order valence-electron chi connectivity index (χ2n) is 7.48. The lowest BCUT2D eigenvalue weighted by atomic mass is 9.93. The van der Waals surface area contributed by atoms with Crippen LogP contribution in [0, 0.1) is 25.7 Å². The summed E-state index contributed by atoms with van der Waals surface area (Å²) >= 11 is 0. The fourth-order valence-electron chi connectivity index (χ4n) is 3.69. The van der Waals surface area contributed by atoms with Crippen LogP contribution in [0.15, 0.2) is 54.9 Å². The van der Waals surface area contributed by atoms with Crippen LogP contribution in [0.2, 0.25) is 0 Å². The van der Waals surface area contributed by atoms with Crippen molar-refractivity contribution in [2.24, 2.45) is 11.8 Å². The molecular weight excluding hydrogens is 385 g/mol. The average molecular weight is 407 g/mol. The number of hydrazine groups is 1. The molecule has 7 nitrogen and oxygen atoms in total. The maximum atomic E-state index is 13.1. The summed E-state index contributed by atoms with van der Waals surface area (Å²) in [5.74, 6) is 6.02. The normalized spacial score (nSPS) is 19.9. The molecule has 0 radical (unpaired) electrons. The summed E-state index contributed by atoms with van der Waals surface area (Å²) in [6, 6.07) is 12.3. The van der Waals surface area contributed by atoms with E-state index in [1.807, 2.05) is 44.2 Å². The Morgan fingerprint density at radius 3 is 2.63 bits per heavy atom. The van der Waals surface area contributed by atoms with Crippen molar-refractivity contribution in [3.63, 3.8) is 0 Å². The number of aromatic nitrogens is 3. The zero-order valence-corrected chi connectivity index (χ0v) is 16.7. The summed E-state index contributed by atoms with van der Waals surface area (Å²) in [6.45, 7) is 3.96. The molecule has 0 bridgehead atoms. The largest absolute Gasteiger partial charge is 0.489 e. The van der Waals surface area contributed by atoms with Gasteiger partial charge in [0.05, 0.1) is 36.3 Å². The Labute approximate surface area is 173 Å². The number of benzene rings is 1. The molecule has 3 aromatic rings. The first-order chi connectivity index (χ1) is 14.4. The predicted molar refractivity (Wildman–Crippen MR) is 109 cm³/mol. The van der Waals surface area contributed by atoms with Crippen LogP contribution >= 0.6 is 0 Å². The van der Waals surface area contributed by atoms with Crippen molar-refractivity contribution in [2.75, 3.05) is 11.6 Å². The molecule has 2 atom stereocenters. The van der Waals surface area contributed by atoms with E-state index in [9.17, 15) is 9.18 Å². The van der Waals surface area contributed by atoms with Crippen LogP contribution in [-0.2, 0) is 10.2 Å². The number of hydrogen-bond acceptors (Lipinski definition) is 6. The molecule has 30 heavy (non-hydrogen) atoms. The molecule has 1 saturated carbocycles. The number of carbonyl (C=O) groups is 1. The SMILES string of the molecule is Cc1ncc(OC[C@@]2(c3ccccc3)C[C@H]2C(=O)N(N)c2ccc(F)nc2)c(C)n1. The zero-order chi connectivity index (χ0) is 21.3. The number of halogens is 1. The van der Waals surface area contributed by atoms with Crippen LogP contribution in [0.1, 0.15) is 23.5 Å². The van der Waals surface area contributed by atoms with Gasteiger partial charge in [-0.25, -0.2) is 25.8 Å². The van der Waals surface area contributed by atoms with Gasteiger partial charge in [0.15, 0.2) is 5.75 Å². The van der Waals surface area contributed by atoms with Crippen molar-refractivity contribution in [1.82, 2.24) is 15.0 Å². The highest BCUT2D eigenvalue weighted by Gasteiger charge is 2.61. The number of nitrogens with two attached hydrogens (primary N) is 1. The van der Waals surface area contributed by atoms with Gasteiger partial charge < -0.3 is 4.74 Å². The van der Waals surface area contributed by atoms with E-state index in [-0.39, 0.29) is 18.4 Å². The molecule has 0 spiro atoms. The summed E-state index contributed by atoms with van der Waals surface area (Å²) in [4.78, 5) is 25.2. The minimum absolute atomic E-state index is 0.271. The molecule has 0 saturated heterocycles. The summed E-state index contributed by atoms with van der Waals surface area (Å²) < 4.78 is 19.2. The van der Waals surface area contributed by atoms with Gasteiger partial charge in [-0.1, -0.05) is 30.3 Å². The molecule has 0 aliphatic heterocycles. The van der Waals surface area contributed by atoms with Gasteiger partial charge in [0.25, 0.3) is 0 Å². The van der Waals surface area contributed by atoms with E-state index < -0.39 is 11.4 Å². The van der Waals surface area contributed by atoms with Crippen LogP contribution in [0.4, 0.5) is 10.1 Å². The van der Waals surface area contributed by atoms with E-state index in [0.29, 0.717) is 23.7 Å². The monoisotopic (exact) mass is 407 g/mol. The van der Waals surface area contributed by atoms with E-state index in [1.165, 1.54) is 18.3 Å². The van der Waals surface area contributed by atoms with E-state index in [2.05, 4.69) is 15.0 Å². The zero-order valence-electron chi connectivity index (χ0n) is 16.7. The number of aryl methyl sites for hydroxylation is 2. The topological polar surface area (TPSA) is 94.2 Å². The third kappa shape index (κ3) is 3.73. The van der Waals surface area contributed by atoms with Gasteiger partial charge in [-0.05, 0) is 38.0 Å². The summed E-state index contributed by atoms with van der Waals surface area (Å²) in [5.41, 5.74) is 1.56. The van der Waals surface area contributed by atoms with Gasteiger partial charge in [-0.2, -0.15) is 4.39 Å². The molecular formula is C22H22FN5O2. The maximum Gasteiger partial charge on any atom is 0.245 e. The Kier molecular flexibility index (Phi) is 5.17. The van der Waals surface area contributed by atoms with E-state index in [4.69, 9.17) is 10.6 Å². The van der Waals surface area contributed by atoms with Crippen LogP contribution in [0.3, 0.4) is 0 Å². The lowest BCUT2D eigenvalue weighted by Gasteiger charge is -2.22. The van der Waals surface area contributed by atoms with Crippen LogP contribution in [0.5, 0.6) is 5.75 Å². The molecule has 1 aliphatic carbocycles. The summed E-state index contributed by atoms with van der Waals surface area (Å²) in [6.07, 6.45) is 3.47. The standard InChI is InChI=1S/C22H22FN5O2/c1-14-19(12-25-15(2)27-14)30-13-22(16-6-4-3-5-7-16)10-18(22)21(29)28(24)17-8-9-20(23)26-11-17/h3-9,11-12,18H,10,13,24H2,1-2H3/t18-,22+/m0/s1. The Morgan fingerprint density at radius 2 is 1.97 bits per heavy atom. The van der Waals surface area contributed by atoms with Gasteiger partial charge >= 0.3 is 0 Å². The molecule has 2 N–H and O–H groups in total.